The maximum Gasteiger partial charge on any atom is 0.275 e. The molecule has 0 spiro atoms. The first-order chi connectivity index (χ1) is 12.9. The molecule has 1 aromatic rings. The van der Waals surface area contributed by atoms with Crippen LogP contribution in [-0.2, 0) is 9.59 Å². The van der Waals surface area contributed by atoms with E-state index in [1.165, 1.54) is 12.0 Å². The van der Waals surface area contributed by atoms with Crippen molar-refractivity contribution in [2.75, 3.05) is 46.4 Å². The Morgan fingerprint density at radius 1 is 1.30 bits per heavy atom. The number of carbonyl (C=O) groups excluding carboxylic acids is 2. The van der Waals surface area contributed by atoms with Crippen LogP contribution in [0.1, 0.15) is 19.4 Å². The van der Waals surface area contributed by atoms with Crippen molar-refractivity contribution in [2.24, 2.45) is 0 Å². The number of nitriles is 1. The van der Waals surface area contributed by atoms with Gasteiger partial charge in [-0.25, -0.2) is 0 Å². The lowest BCUT2D eigenvalue weighted by atomic mass is 10.2. The fourth-order valence-corrected chi connectivity index (χ4v) is 2.94. The quantitative estimate of drug-likeness (QED) is 0.650. The van der Waals surface area contributed by atoms with E-state index in [-0.39, 0.29) is 24.5 Å². The Bertz CT molecular complexity index is 706. The number of ether oxygens (including phenoxy) is 2. The summed E-state index contributed by atoms with van der Waals surface area (Å²) in [6.45, 7) is 6.87. The number of benzene rings is 1. The van der Waals surface area contributed by atoms with Crippen LogP contribution in [0.3, 0.4) is 0 Å². The number of nitrogens with one attached hydrogen (secondary N) is 2. The Labute approximate surface area is 159 Å². The van der Waals surface area contributed by atoms with Crippen molar-refractivity contribution < 1.29 is 24.0 Å². The van der Waals surface area contributed by atoms with Gasteiger partial charge < -0.3 is 24.6 Å². The van der Waals surface area contributed by atoms with Gasteiger partial charge in [-0.15, -0.1) is 0 Å². The van der Waals surface area contributed by atoms with E-state index in [2.05, 4.69) is 5.32 Å². The summed E-state index contributed by atoms with van der Waals surface area (Å²) >= 11 is 0. The van der Waals surface area contributed by atoms with Gasteiger partial charge in [0.25, 0.3) is 11.8 Å². The molecule has 2 amide bonds. The summed E-state index contributed by atoms with van der Waals surface area (Å²) in [4.78, 5) is 27.1. The molecule has 1 aliphatic rings. The highest BCUT2D eigenvalue weighted by atomic mass is 16.5. The second-order valence-electron chi connectivity index (χ2n) is 6.80. The third-order valence-corrected chi connectivity index (χ3v) is 4.33. The molecule has 1 heterocycles. The Morgan fingerprint density at radius 2 is 2.00 bits per heavy atom. The second-order valence-corrected chi connectivity index (χ2v) is 6.80. The topological polar surface area (TPSA) is 96.1 Å². The molecule has 0 aromatic heterocycles. The number of rotatable bonds is 7. The van der Waals surface area contributed by atoms with E-state index in [4.69, 9.17) is 14.7 Å². The van der Waals surface area contributed by atoms with E-state index in [0.29, 0.717) is 36.7 Å². The smallest absolute Gasteiger partial charge is 0.275 e. The molecule has 146 valence electrons. The molecular weight excluding hydrogens is 348 g/mol. The van der Waals surface area contributed by atoms with Gasteiger partial charge in [0, 0.05) is 12.1 Å². The van der Waals surface area contributed by atoms with Gasteiger partial charge in [0.05, 0.1) is 44.9 Å². The molecule has 8 heteroatoms. The predicted molar refractivity (Wildman–Crippen MR) is 98.6 cm³/mol. The molecule has 8 nitrogen and oxygen atoms in total. The van der Waals surface area contributed by atoms with Gasteiger partial charge in [-0.05, 0) is 26.0 Å². The molecule has 1 fully saturated rings. The third kappa shape index (κ3) is 6.15. The van der Waals surface area contributed by atoms with E-state index in [9.17, 15) is 9.59 Å². The molecule has 0 unspecified atom stereocenters. The van der Waals surface area contributed by atoms with E-state index >= 15 is 0 Å². The summed E-state index contributed by atoms with van der Waals surface area (Å²) in [5.41, 5.74) is 0.464. The molecule has 2 rings (SSSR count). The van der Waals surface area contributed by atoms with Gasteiger partial charge in [0.1, 0.15) is 0 Å². The van der Waals surface area contributed by atoms with Crippen LogP contribution in [0.5, 0.6) is 11.5 Å². The van der Waals surface area contributed by atoms with Crippen molar-refractivity contribution in [2.45, 2.75) is 19.9 Å². The zero-order valence-corrected chi connectivity index (χ0v) is 16.1. The number of hydrogen-bond donors (Lipinski definition) is 2. The van der Waals surface area contributed by atoms with Crippen LogP contribution >= 0.6 is 0 Å². The van der Waals surface area contributed by atoms with E-state index in [0.717, 1.165) is 13.1 Å². The fraction of sp³-hybridized carbons (Fsp3) is 0.526. The number of piperazine rings is 1. The minimum absolute atomic E-state index is 0.0380. The average Bonchev–Trinajstić information content (AvgIpc) is 2.65. The van der Waals surface area contributed by atoms with E-state index in [1.807, 2.05) is 19.9 Å². The number of hydrogen-bond acceptors (Lipinski definition) is 5. The highest BCUT2D eigenvalue weighted by Gasteiger charge is 2.25. The zero-order valence-electron chi connectivity index (χ0n) is 16.1. The lowest BCUT2D eigenvalue weighted by molar-refractivity contribution is -0.896. The SMILES string of the molecule is COc1cc(C#N)ccc1OCC(=O)N1CC[NH+](CC(=O)NC(C)C)CC1. The maximum atomic E-state index is 12.4. The number of amides is 2. The van der Waals surface area contributed by atoms with E-state index < -0.39 is 0 Å². The standard InChI is InChI=1S/C19H26N4O4/c1-14(2)21-18(24)12-22-6-8-23(9-7-22)19(25)13-27-16-5-4-15(11-20)10-17(16)26-3/h4-5,10,14H,6-9,12-13H2,1-3H3,(H,21,24)/p+1. The molecular formula is C19H27N4O4+. The average molecular weight is 375 g/mol. The Morgan fingerprint density at radius 3 is 2.59 bits per heavy atom. The number of carbonyl (C=O) groups is 2. The lowest BCUT2D eigenvalue weighted by Gasteiger charge is -2.32. The first-order valence-corrected chi connectivity index (χ1v) is 9.04. The van der Waals surface area contributed by atoms with Gasteiger partial charge in [-0.3, -0.25) is 9.59 Å². The summed E-state index contributed by atoms with van der Waals surface area (Å²) in [5.74, 6) is 0.787. The van der Waals surface area contributed by atoms with Crippen molar-refractivity contribution in [3.05, 3.63) is 23.8 Å². The molecule has 2 N–H and O–H groups in total. The van der Waals surface area contributed by atoms with Crippen LogP contribution < -0.4 is 19.7 Å². The molecule has 1 saturated heterocycles. The summed E-state index contributed by atoms with van der Waals surface area (Å²) in [7, 11) is 1.49. The predicted octanol–water partition coefficient (Wildman–Crippen LogP) is -0.803. The molecule has 27 heavy (non-hydrogen) atoms. The van der Waals surface area contributed by atoms with Gasteiger partial charge >= 0.3 is 0 Å². The Hall–Kier alpha value is -2.79. The highest BCUT2D eigenvalue weighted by molar-refractivity contribution is 5.78. The first-order valence-electron chi connectivity index (χ1n) is 9.04. The van der Waals surface area contributed by atoms with Crippen molar-refractivity contribution in [1.82, 2.24) is 10.2 Å². The van der Waals surface area contributed by atoms with Crippen LogP contribution in [0, 0.1) is 11.3 Å². The summed E-state index contributed by atoms with van der Waals surface area (Å²) in [5, 5.41) is 11.8. The Balaban J connectivity index is 1.80. The lowest BCUT2D eigenvalue weighted by Crippen LogP contribution is -3.16. The molecule has 0 aliphatic carbocycles. The van der Waals surface area contributed by atoms with Crippen molar-refractivity contribution in [1.29, 1.82) is 5.26 Å². The van der Waals surface area contributed by atoms with Gasteiger partial charge in [-0.2, -0.15) is 5.26 Å². The first kappa shape index (κ1) is 20.5. The number of nitrogens with zero attached hydrogens (tertiary/aromatic N) is 2. The normalized spacial score (nSPS) is 14.6. The largest absolute Gasteiger partial charge is 0.493 e. The van der Waals surface area contributed by atoms with Crippen LogP contribution in [0.4, 0.5) is 0 Å². The van der Waals surface area contributed by atoms with E-state index in [1.54, 1.807) is 23.1 Å². The summed E-state index contributed by atoms with van der Waals surface area (Å²) in [6, 6.07) is 6.98. The van der Waals surface area contributed by atoms with Crippen molar-refractivity contribution in [3.63, 3.8) is 0 Å². The minimum atomic E-state index is -0.105. The molecule has 0 radical (unpaired) electrons. The molecule has 0 atom stereocenters. The third-order valence-electron chi connectivity index (χ3n) is 4.33. The number of quaternary nitrogens is 1. The molecule has 0 bridgehead atoms. The number of methoxy groups -OCH3 is 1. The van der Waals surface area contributed by atoms with Crippen molar-refractivity contribution >= 4 is 11.8 Å². The van der Waals surface area contributed by atoms with Gasteiger partial charge in [-0.1, -0.05) is 0 Å². The fourth-order valence-electron chi connectivity index (χ4n) is 2.94. The molecule has 0 saturated carbocycles. The maximum absolute atomic E-state index is 12.4. The highest BCUT2D eigenvalue weighted by Crippen LogP contribution is 2.27. The second kappa shape index (κ2) is 9.78. The summed E-state index contributed by atoms with van der Waals surface area (Å²) < 4.78 is 10.8. The van der Waals surface area contributed by atoms with Crippen molar-refractivity contribution in [3.8, 4) is 17.6 Å². The Kier molecular flexibility index (Phi) is 7.44. The molecule has 1 aliphatic heterocycles. The monoisotopic (exact) mass is 375 g/mol. The van der Waals surface area contributed by atoms with Crippen LogP contribution in [0.2, 0.25) is 0 Å². The van der Waals surface area contributed by atoms with Crippen LogP contribution in [0.25, 0.3) is 0 Å². The van der Waals surface area contributed by atoms with Gasteiger partial charge in [0.15, 0.2) is 24.7 Å². The van der Waals surface area contributed by atoms with Crippen LogP contribution in [-0.4, -0.2) is 69.2 Å². The summed E-state index contributed by atoms with van der Waals surface area (Å²) in [6.07, 6.45) is 0. The van der Waals surface area contributed by atoms with Gasteiger partial charge in [0.2, 0.25) is 0 Å². The minimum Gasteiger partial charge on any atom is -0.493 e. The zero-order chi connectivity index (χ0) is 19.8. The molecule has 1 aromatic carbocycles. The van der Waals surface area contributed by atoms with Crippen LogP contribution in [0.15, 0.2) is 18.2 Å².